The third kappa shape index (κ3) is 4.21. The minimum atomic E-state index is 0.496. The number of hydrogen-bond acceptors (Lipinski definition) is 2. The lowest BCUT2D eigenvalue weighted by Crippen LogP contribution is -2.57. The van der Waals surface area contributed by atoms with E-state index in [9.17, 15) is 0 Å². The van der Waals surface area contributed by atoms with Gasteiger partial charge in [0, 0.05) is 24.7 Å². The van der Waals surface area contributed by atoms with Gasteiger partial charge in [-0.25, -0.2) is 0 Å². The van der Waals surface area contributed by atoms with E-state index in [2.05, 4.69) is 38.0 Å². The van der Waals surface area contributed by atoms with Crippen molar-refractivity contribution in [2.45, 2.75) is 96.7 Å². The Morgan fingerprint density at radius 3 is 2.30 bits per heavy atom. The molecule has 0 spiro atoms. The Hall–Kier alpha value is -0.0800. The Bertz CT molecular complexity index is 273. The van der Waals surface area contributed by atoms with Crippen LogP contribution in [0.15, 0.2) is 0 Å². The molecular weight excluding hydrogens is 244 g/mol. The van der Waals surface area contributed by atoms with Crippen molar-refractivity contribution in [2.24, 2.45) is 5.41 Å². The smallest absolute Gasteiger partial charge is 0.0113 e. The molecule has 0 aliphatic carbocycles. The van der Waals surface area contributed by atoms with Gasteiger partial charge in [0.25, 0.3) is 0 Å². The van der Waals surface area contributed by atoms with Gasteiger partial charge in [-0.3, -0.25) is 4.90 Å². The molecule has 2 heteroatoms. The first-order valence-electron chi connectivity index (χ1n) is 8.99. The molecule has 20 heavy (non-hydrogen) atoms. The molecule has 2 atom stereocenters. The van der Waals surface area contributed by atoms with Gasteiger partial charge in [0.2, 0.25) is 0 Å². The summed E-state index contributed by atoms with van der Waals surface area (Å²) in [5.41, 5.74) is 0.496. The summed E-state index contributed by atoms with van der Waals surface area (Å²) < 4.78 is 0. The second-order valence-corrected chi connectivity index (χ2v) is 7.99. The molecule has 2 fully saturated rings. The molecule has 2 rings (SSSR count). The number of piperidine rings is 2. The second-order valence-electron chi connectivity index (χ2n) is 7.99. The summed E-state index contributed by atoms with van der Waals surface area (Å²) >= 11 is 0. The van der Waals surface area contributed by atoms with Crippen LogP contribution in [0.2, 0.25) is 0 Å². The van der Waals surface area contributed by atoms with Gasteiger partial charge >= 0.3 is 0 Å². The highest BCUT2D eigenvalue weighted by Crippen LogP contribution is 2.37. The van der Waals surface area contributed by atoms with Crippen molar-refractivity contribution in [3.63, 3.8) is 0 Å². The molecule has 0 saturated carbocycles. The van der Waals surface area contributed by atoms with E-state index >= 15 is 0 Å². The van der Waals surface area contributed by atoms with Crippen LogP contribution < -0.4 is 5.32 Å². The van der Waals surface area contributed by atoms with Crippen LogP contribution in [-0.2, 0) is 0 Å². The standard InChI is InChI=1S/C18H36N2/c1-5-6-7-11-18(2,3)14-20-16-9-8-10-17(20)13-15(12-16)19-4/h15-17,19H,5-14H2,1-4H3. The summed E-state index contributed by atoms with van der Waals surface area (Å²) in [5.74, 6) is 0. The fourth-order valence-electron chi connectivity index (χ4n) is 4.40. The first-order valence-corrected chi connectivity index (χ1v) is 8.99. The van der Waals surface area contributed by atoms with Crippen LogP contribution in [0, 0.1) is 5.41 Å². The zero-order chi connectivity index (χ0) is 14.6. The van der Waals surface area contributed by atoms with Crippen molar-refractivity contribution in [3.8, 4) is 0 Å². The van der Waals surface area contributed by atoms with Crippen molar-refractivity contribution in [1.29, 1.82) is 0 Å². The molecule has 2 aliphatic heterocycles. The SMILES string of the molecule is CCCCCC(C)(C)CN1C2CCCC1CC(NC)C2. The van der Waals surface area contributed by atoms with Crippen LogP contribution in [0.4, 0.5) is 0 Å². The lowest BCUT2D eigenvalue weighted by atomic mass is 9.78. The van der Waals surface area contributed by atoms with Crippen LogP contribution in [-0.4, -0.2) is 36.6 Å². The third-order valence-corrected chi connectivity index (χ3v) is 5.60. The van der Waals surface area contributed by atoms with Gasteiger partial charge in [-0.15, -0.1) is 0 Å². The fraction of sp³-hybridized carbons (Fsp3) is 1.00. The molecule has 118 valence electrons. The van der Waals surface area contributed by atoms with Crippen molar-refractivity contribution < 1.29 is 0 Å². The van der Waals surface area contributed by atoms with Gasteiger partial charge in [0.05, 0.1) is 0 Å². The molecule has 0 amide bonds. The minimum Gasteiger partial charge on any atom is -0.317 e. The molecule has 0 aromatic carbocycles. The van der Waals surface area contributed by atoms with E-state index in [1.165, 1.54) is 64.3 Å². The molecule has 2 heterocycles. The molecule has 1 N–H and O–H groups in total. The molecule has 2 unspecified atom stereocenters. The van der Waals surface area contributed by atoms with Gasteiger partial charge in [-0.05, 0) is 44.6 Å². The fourth-order valence-corrected chi connectivity index (χ4v) is 4.40. The highest BCUT2D eigenvalue weighted by atomic mass is 15.2. The van der Waals surface area contributed by atoms with Gasteiger partial charge in [-0.1, -0.05) is 46.5 Å². The van der Waals surface area contributed by atoms with Crippen LogP contribution >= 0.6 is 0 Å². The van der Waals surface area contributed by atoms with E-state index in [4.69, 9.17) is 0 Å². The van der Waals surface area contributed by atoms with Crippen molar-refractivity contribution >= 4 is 0 Å². The zero-order valence-electron chi connectivity index (χ0n) is 14.3. The molecule has 2 saturated heterocycles. The monoisotopic (exact) mass is 280 g/mol. The van der Waals surface area contributed by atoms with Gasteiger partial charge in [-0.2, -0.15) is 0 Å². The average Bonchev–Trinajstić information content (AvgIpc) is 2.38. The number of rotatable bonds is 7. The molecule has 2 aliphatic rings. The third-order valence-electron chi connectivity index (χ3n) is 5.60. The van der Waals surface area contributed by atoms with E-state index in [0.717, 1.165) is 18.1 Å². The lowest BCUT2D eigenvalue weighted by Gasteiger charge is -2.51. The molecule has 0 aromatic rings. The predicted octanol–water partition coefficient (Wildman–Crippen LogP) is 4.20. The first kappa shape index (κ1) is 16.3. The number of fused-ring (bicyclic) bond motifs is 2. The zero-order valence-corrected chi connectivity index (χ0v) is 14.3. The maximum Gasteiger partial charge on any atom is 0.0113 e. The van der Waals surface area contributed by atoms with Gasteiger partial charge < -0.3 is 5.32 Å². The molecule has 2 bridgehead atoms. The Kier molecular flexibility index (Phi) is 5.92. The van der Waals surface area contributed by atoms with Gasteiger partial charge in [0.1, 0.15) is 0 Å². The first-order chi connectivity index (χ1) is 9.55. The molecule has 0 aromatic heterocycles. The van der Waals surface area contributed by atoms with E-state index in [0.29, 0.717) is 5.41 Å². The van der Waals surface area contributed by atoms with E-state index in [1.807, 2.05) is 0 Å². The minimum absolute atomic E-state index is 0.496. The summed E-state index contributed by atoms with van der Waals surface area (Å²) in [6.45, 7) is 8.60. The maximum absolute atomic E-state index is 3.53. The van der Waals surface area contributed by atoms with E-state index in [1.54, 1.807) is 0 Å². The molecular formula is C18H36N2. The number of nitrogens with zero attached hydrogens (tertiary/aromatic N) is 1. The molecule has 2 nitrogen and oxygen atoms in total. The highest BCUT2D eigenvalue weighted by molar-refractivity contribution is 4.96. The normalized spacial score (nSPS) is 31.5. The van der Waals surface area contributed by atoms with Crippen LogP contribution in [0.25, 0.3) is 0 Å². The summed E-state index contributed by atoms with van der Waals surface area (Å²) in [4.78, 5) is 2.89. The Balaban J connectivity index is 1.91. The van der Waals surface area contributed by atoms with E-state index in [-0.39, 0.29) is 0 Å². The Labute approximate surface area is 126 Å². The number of nitrogens with one attached hydrogen (secondary N) is 1. The van der Waals surface area contributed by atoms with Crippen molar-refractivity contribution in [3.05, 3.63) is 0 Å². The van der Waals surface area contributed by atoms with Crippen LogP contribution in [0.5, 0.6) is 0 Å². The topological polar surface area (TPSA) is 15.3 Å². The lowest BCUT2D eigenvalue weighted by molar-refractivity contribution is -0.00350. The summed E-state index contributed by atoms with van der Waals surface area (Å²) in [5, 5.41) is 3.53. The summed E-state index contributed by atoms with van der Waals surface area (Å²) in [6.07, 6.45) is 12.6. The average molecular weight is 280 g/mol. The van der Waals surface area contributed by atoms with Gasteiger partial charge in [0.15, 0.2) is 0 Å². The Morgan fingerprint density at radius 2 is 1.75 bits per heavy atom. The Morgan fingerprint density at radius 1 is 1.10 bits per heavy atom. The summed E-state index contributed by atoms with van der Waals surface area (Å²) in [6, 6.07) is 2.47. The summed E-state index contributed by atoms with van der Waals surface area (Å²) in [7, 11) is 2.14. The largest absolute Gasteiger partial charge is 0.317 e. The van der Waals surface area contributed by atoms with E-state index < -0.39 is 0 Å². The molecule has 0 radical (unpaired) electrons. The van der Waals surface area contributed by atoms with Crippen molar-refractivity contribution in [1.82, 2.24) is 10.2 Å². The number of unbranched alkanes of at least 4 members (excludes halogenated alkanes) is 2. The van der Waals surface area contributed by atoms with Crippen molar-refractivity contribution in [2.75, 3.05) is 13.6 Å². The van der Waals surface area contributed by atoms with Crippen LogP contribution in [0.3, 0.4) is 0 Å². The predicted molar refractivity (Wildman–Crippen MR) is 88.1 cm³/mol. The second kappa shape index (κ2) is 7.26. The highest BCUT2D eigenvalue weighted by Gasteiger charge is 2.39. The number of hydrogen-bond donors (Lipinski definition) is 1. The quantitative estimate of drug-likeness (QED) is 0.703. The van der Waals surface area contributed by atoms with Crippen LogP contribution in [0.1, 0.15) is 78.6 Å². The maximum atomic E-state index is 3.53.